The Bertz CT molecular complexity index is 617. The van der Waals surface area contributed by atoms with Crippen LogP contribution in [0.3, 0.4) is 0 Å². The Kier molecular flexibility index (Phi) is 4.48. The normalized spacial score (nSPS) is 15.1. The van der Waals surface area contributed by atoms with Gasteiger partial charge in [-0.3, -0.25) is 14.5 Å². The molecule has 0 aromatic heterocycles. The van der Waals surface area contributed by atoms with Crippen molar-refractivity contribution >= 4 is 29.0 Å². The molecule has 1 aromatic rings. The van der Waals surface area contributed by atoms with Crippen LogP contribution in [0.15, 0.2) is 42.0 Å². The number of rotatable bonds is 5. The molecule has 2 amide bonds. The lowest BCUT2D eigenvalue weighted by Gasteiger charge is -2.12. The van der Waals surface area contributed by atoms with Gasteiger partial charge in [0.05, 0.1) is 11.7 Å². The second kappa shape index (κ2) is 6.14. The lowest BCUT2D eigenvalue weighted by Crippen LogP contribution is -2.31. The van der Waals surface area contributed by atoms with Crippen LogP contribution in [0.5, 0.6) is 5.75 Å². The average Bonchev–Trinajstić information content (AvgIpc) is 2.64. The minimum Gasteiger partial charge on any atom is -0.491 e. The Hall–Kier alpha value is -2.07. The molecule has 0 spiro atoms. The zero-order chi connectivity index (χ0) is 15.6. The Labute approximate surface area is 128 Å². The molecule has 1 aliphatic heterocycles. The van der Waals surface area contributed by atoms with Crippen LogP contribution < -0.4 is 4.74 Å². The van der Waals surface area contributed by atoms with E-state index in [1.807, 2.05) is 13.8 Å². The third-order valence-corrected chi connectivity index (χ3v) is 3.29. The van der Waals surface area contributed by atoms with E-state index in [4.69, 9.17) is 16.3 Å². The van der Waals surface area contributed by atoms with Gasteiger partial charge in [-0.2, -0.15) is 0 Å². The summed E-state index contributed by atoms with van der Waals surface area (Å²) in [7, 11) is 0. The van der Waals surface area contributed by atoms with Crippen LogP contribution >= 0.6 is 11.6 Å². The lowest BCUT2D eigenvalue weighted by molar-refractivity contribution is -0.135. The van der Waals surface area contributed by atoms with Gasteiger partial charge in [-0.15, -0.1) is 6.58 Å². The summed E-state index contributed by atoms with van der Waals surface area (Å²) in [5.74, 6) is -0.188. The van der Waals surface area contributed by atoms with Gasteiger partial charge in [0.25, 0.3) is 11.8 Å². The number of halogens is 1. The van der Waals surface area contributed by atoms with Crippen LogP contribution in [0, 0.1) is 0 Å². The fraction of sp³-hybridized carbons (Fsp3) is 0.250. The summed E-state index contributed by atoms with van der Waals surface area (Å²) in [6, 6.07) is 6.94. The quantitative estimate of drug-likeness (QED) is 0.620. The first-order valence-electron chi connectivity index (χ1n) is 6.59. The van der Waals surface area contributed by atoms with E-state index in [0.717, 1.165) is 4.90 Å². The maximum Gasteiger partial charge on any atom is 0.273 e. The zero-order valence-electron chi connectivity index (χ0n) is 11.9. The van der Waals surface area contributed by atoms with Gasteiger partial charge in [0, 0.05) is 6.54 Å². The molecule has 2 rings (SSSR count). The van der Waals surface area contributed by atoms with E-state index in [0.29, 0.717) is 11.3 Å². The molecule has 1 heterocycles. The molecule has 0 saturated heterocycles. The van der Waals surface area contributed by atoms with Gasteiger partial charge in [-0.1, -0.05) is 29.8 Å². The highest BCUT2D eigenvalue weighted by atomic mass is 35.5. The third-order valence-electron chi connectivity index (χ3n) is 2.94. The summed E-state index contributed by atoms with van der Waals surface area (Å²) >= 11 is 6.01. The van der Waals surface area contributed by atoms with Crippen molar-refractivity contribution in [1.82, 2.24) is 4.90 Å². The molecule has 0 bridgehead atoms. The van der Waals surface area contributed by atoms with Gasteiger partial charge in [0.2, 0.25) is 0 Å². The maximum atomic E-state index is 12.3. The van der Waals surface area contributed by atoms with Crippen LogP contribution in [-0.4, -0.2) is 29.4 Å². The number of amides is 2. The van der Waals surface area contributed by atoms with Gasteiger partial charge in [0.15, 0.2) is 0 Å². The molecule has 0 atom stereocenters. The summed E-state index contributed by atoms with van der Waals surface area (Å²) < 4.78 is 5.54. The molecule has 1 aliphatic rings. The van der Waals surface area contributed by atoms with Crippen LogP contribution in [0.25, 0.3) is 5.57 Å². The number of ether oxygens (including phenoxy) is 1. The second-order valence-corrected chi connectivity index (χ2v) is 5.27. The van der Waals surface area contributed by atoms with E-state index in [1.165, 1.54) is 6.08 Å². The van der Waals surface area contributed by atoms with Crippen LogP contribution in [0.2, 0.25) is 0 Å². The van der Waals surface area contributed by atoms with Crippen molar-refractivity contribution in [2.45, 2.75) is 20.0 Å². The Balaban J connectivity index is 2.31. The van der Waals surface area contributed by atoms with Crippen LogP contribution in [0.1, 0.15) is 19.4 Å². The lowest BCUT2D eigenvalue weighted by atomic mass is 10.1. The number of carbonyl (C=O) groups excluding carboxylic acids is 2. The highest BCUT2D eigenvalue weighted by molar-refractivity contribution is 6.55. The average molecular weight is 306 g/mol. The monoisotopic (exact) mass is 305 g/mol. The molecule has 0 aliphatic carbocycles. The smallest absolute Gasteiger partial charge is 0.273 e. The first-order valence-corrected chi connectivity index (χ1v) is 6.97. The molecule has 4 nitrogen and oxygen atoms in total. The minimum absolute atomic E-state index is 0.0561. The number of benzene rings is 1. The molecular weight excluding hydrogens is 290 g/mol. The van der Waals surface area contributed by atoms with E-state index < -0.39 is 11.8 Å². The van der Waals surface area contributed by atoms with Crippen molar-refractivity contribution in [2.24, 2.45) is 0 Å². The molecule has 0 unspecified atom stereocenters. The van der Waals surface area contributed by atoms with Crippen molar-refractivity contribution in [3.8, 4) is 5.75 Å². The second-order valence-electron chi connectivity index (χ2n) is 4.89. The van der Waals surface area contributed by atoms with Crippen LogP contribution in [0.4, 0.5) is 0 Å². The Morgan fingerprint density at radius 3 is 2.38 bits per heavy atom. The predicted molar refractivity (Wildman–Crippen MR) is 81.9 cm³/mol. The van der Waals surface area contributed by atoms with Crippen molar-refractivity contribution in [3.63, 3.8) is 0 Å². The van der Waals surface area contributed by atoms with Gasteiger partial charge in [0.1, 0.15) is 10.8 Å². The number of carbonyl (C=O) groups is 2. The van der Waals surface area contributed by atoms with Gasteiger partial charge in [-0.05, 0) is 31.5 Å². The maximum absolute atomic E-state index is 12.3. The molecule has 5 heteroatoms. The number of hydrogen-bond donors (Lipinski definition) is 0. The molecule has 0 radical (unpaired) electrons. The highest BCUT2D eigenvalue weighted by Crippen LogP contribution is 2.32. The summed E-state index contributed by atoms with van der Waals surface area (Å²) in [4.78, 5) is 25.3. The Morgan fingerprint density at radius 1 is 1.24 bits per heavy atom. The predicted octanol–water partition coefficient (Wildman–Crippen LogP) is 2.98. The highest BCUT2D eigenvalue weighted by Gasteiger charge is 2.37. The minimum atomic E-state index is -0.487. The molecule has 0 N–H and O–H groups in total. The van der Waals surface area contributed by atoms with Crippen molar-refractivity contribution in [1.29, 1.82) is 0 Å². The SMILES string of the molecule is C=CCN1C(=O)C(Cl)=C(c2ccc(OC(C)C)cc2)C1=O. The van der Waals surface area contributed by atoms with Crippen molar-refractivity contribution in [2.75, 3.05) is 6.54 Å². The van der Waals surface area contributed by atoms with Gasteiger partial charge >= 0.3 is 0 Å². The standard InChI is InChI=1S/C16H16ClNO3/c1-4-9-18-15(19)13(14(17)16(18)20)11-5-7-12(8-6-11)21-10(2)3/h4-8,10H,1,9H2,2-3H3. The van der Waals surface area contributed by atoms with Crippen molar-refractivity contribution in [3.05, 3.63) is 47.5 Å². The number of nitrogens with zero attached hydrogens (tertiary/aromatic N) is 1. The summed E-state index contributed by atoms with van der Waals surface area (Å²) in [6.07, 6.45) is 1.55. The topological polar surface area (TPSA) is 46.6 Å². The number of imide groups is 1. The first-order chi connectivity index (χ1) is 9.95. The van der Waals surface area contributed by atoms with Gasteiger partial charge < -0.3 is 4.74 Å². The fourth-order valence-corrected chi connectivity index (χ4v) is 2.36. The van der Waals surface area contributed by atoms with E-state index in [9.17, 15) is 9.59 Å². The molecule has 21 heavy (non-hydrogen) atoms. The van der Waals surface area contributed by atoms with E-state index in [2.05, 4.69) is 6.58 Å². The van der Waals surface area contributed by atoms with Crippen LogP contribution in [-0.2, 0) is 9.59 Å². The third kappa shape index (κ3) is 3.00. The summed E-state index contributed by atoms with van der Waals surface area (Å²) in [5.41, 5.74) is 0.820. The fourth-order valence-electron chi connectivity index (χ4n) is 2.06. The summed E-state index contributed by atoms with van der Waals surface area (Å²) in [5, 5.41) is -0.0561. The molecular formula is C16H16ClNO3. The van der Waals surface area contributed by atoms with E-state index in [-0.39, 0.29) is 23.3 Å². The van der Waals surface area contributed by atoms with E-state index in [1.54, 1.807) is 24.3 Å². The first kappa shape index (κ1) is 15.3. The largest absolute Gasteiger partial charge is 0.491 e. The Morgan fingerprint density at radius 2 is 1.86 bits per heavy atom. The van der Waals surface area contributed by atoms with Gasteiger partial charge in [-0.25, -0.2) is 0 Å². The molecule has 0 saturated carbocycles. The molecule has 0 fully saturated rings. The number of hydrogen-bond acceptors (Lipinski definition) is 3. The summed E-state index contributed by atoms with van der Waals surface area (Å²) in [6.45, 7) is 7.54. The van der Waals surface area contributed by atoms with E-state index >= 15 is 0 Å². The zero-order valence-corrected chi connectivity index (χ0v) is 12.7. The molecule has 1 aromatic carbocycles. The molecule has 110 valence electrons. The van der Waals surface area contributed by atoms with Crippen molar-refractivity contribution < 1.29 is 14.3 Å².